The predicted molar refractivity (Wildman–Crippen MR) is 107 cm³/mol. The van der Waals surface area contributed by atoms with E-state index >= 15 is 0 Å². The maximum Gasteiger partial charge on any atom is 0.254 e. The molecule has 0 N–H and O–H groups in total. The van der Waals surface area contributed by atoms with E-state index in [0.29, 0.717) is 11.5 Å². The number of fused-ring (bicyclic) bond motifs is 2. The topological polar surface area (TPSA) is 20.3 Å². The Balaban J connectivity index is 1.57. The summed E-state index contributed by atoms with van der Waals surface area (Å²) in [7, 11) is 0. The molecule has 1 saturated heterocycles. The third-order valence-corrected chi connectivity index (χ3v) is 6.26. The molecular formula is C24H29NO. The van der Waals surface area contributed by atoms with Crippen LogP contribution in [-0.4, -0.2) is 23.4 Å². The lowest BCUT2D eigenvalue weighted by Gasteiger charge is -2.39. The molecule has 1 saturated carbocycles. The van der Waals surface area contributed by atoms with Crippen LogP contribution in [0.5, 0.6) is 0 Å². The van der Waals surface area contributed by atoms with Crippen molar-refractivity contribution in [3.63, 3.8) is 0 Å². The van der Waals surface area contributed by atoms with E-state index in [1.165, 1.54) is 23.1 Å². The normalized spacial score (nSPS) is 26.8. The van der Waals surface area contributed by atoms with Gasteiger partial charge in [0.15, 0.2) is 0 Å². The minimum Gasteiger partial charge on any atom is -0.335 e. The lowest BCUT2D eigenvalue weighted by atomic mass is 9.65. The fourth-order valence-corrected chi connectivity index (χ4v) is 5.55. The van der Waals surface area contributed by atoms with Crippen molar-refractivity contribution >= 4 is 5.91 Å². The van der Waals surface area contributed by atoms with Gasteiger partial charge in [0.2, 0.25) is 0 Å². The molecule has 2 aromatic rings. The molecule has 1 heterocycles. The van der Waals surface area contributed by atoms with Crippen molar-refractivity contribution in [2.24, 2.45) is 10.8 Å². The quantitative estimate of drug-likeness (QED) is 0.682. The van der Waals surface area contributed by atoms with E-state index in [1.54, 1.807) is 0 Å². The maximum atomic E-state index is 13.2. The first-order valence-corrected chi connectivity index (χ1v) is 9.74. The summed E-state index contributed by atoms with van der Waals surface area (Å²) in [5.74, 6) is 0.202. The maximum absolute atomic E-state index is 13.2. The Morgan fingerprint density at radius 3 is 2.38 bits per heavy atom. The zero-order chi connectivity index (χ0) is 18.5. The molecule has 2 fully saturated rings. The highest BCUT2D eigenvalue weighted by Gasteiger charge is 2.50. The first kappa shape index (κ1) is 17.3. The number of carbonyl (C=O) groups excluding carboxylic acids is 1. The standard InChI is InChI=1S/C24H29NO/c1-17-7-5-6-8-21(17)18-9-11-19(12-10-18)22(26)25-16-24(4)14-20(25)13-23(2,3)15-24/h5-12,20H,13-16H2,1-4H3/t20-,24-/m1/s1. The number of nitrogens with zero attached hydrogens (tertiary/aromatic N) is 1. The zero-order valence-corrected chi connectivity index (χ0v) is 16.4. The molecule has 1 aliphatic carbocycles. The van der Waals surface area contributed by atoms with Crippen molar-refractivity contribution in [1.29, 1.82) is 0 Å². The van der Waals surface area contributed by atoms with Gasteiger partial charge in [0, 0.05) is 18.2 Å². The summed E-state index contributed by atoms with van der Waals surface area (Å²) in [4.78, 5) is 15.3. The second kappa shape index (κ2) is 5.97. The molecule has 2 heteroatoms. The third-order valence-electron chi connectivity index (χ3n) is 6.26. The van der Waals surface area contributed by atoms with Gasteiger partial charge in [0.25, 0.3) is 5.91 Å². The Labute approximate surface area is 157 Å². The Morgan fingerprint density at radius 2 is 1.69 bits per heavy atom. The molecule has 0 unspecified atom stereocenters. The van der Waals surface area contributed by atoms with Crippen molar-refractivity contribution in [2.75, 3.05) is 6.54 Å². The molecule has 2 atom stereocenters. The molecule has 0 aromatic heterocycles. The van der Waals surface area contributed by atoms with Crippen LogP contribution in [0.2, 0.25) is 0 Å². The summed E-state index contributed by atoms with van der Waals surface area (Å²) in [6.07, 6.45) is 3.49. The van der Waals surface area contributed by atoms with E-state index < -0.39 is 0 Å². The number of carbonyl (C=O) groups is 1. The zero-order valence-electron chi connectivity index (χ0n) is 16.4. The molecule has 2 bridgehead atoms. The summed E-state index contributed by atoms with van der Waals surface area (Å²) in [6, 6.07) is 17.0. The molecule has 0 spiro atoms. The second-order valence-electron chi connectivity index (χ2n) is 9.54. The van der Waals surface area contributed by atoms with Crippen LogP contribution in [0.1, 0.15) is 56.0 Å². The highest BCUT2D eigenvalue weighted by Crippen LogP contribution is 2.52. The fourth-order valence-electron chi connectivity index (χ4n) is 5.55. The van der Waals surface area contributed by atoms with Crippen LogP contribution in [0, 0.1) is 17.8 Å². The highest BCUT2D eigenvalue weighted by molar-refractivity contribution is 5.95. The molecular weight excluding hydrogens is 318 g/mol. The van der Waals surface area contributed by atoms with Crippen molar-refractivity contribution in [2.45, 2.75) is 53.0 Å². The van der Waals surface area contributed by atoms with Crippen LogP contribution in [0.3, 0.4) is 0 Å². The van der Waals surface area contributed by atoms with Gasteiger partial charge in [0.1, 0.15) is 0 Å². The van der Waals surface area contributed by atoms with Gasteiger partial charge < -0.3 is 4.90 Å². The smallest absolute Gasteiger partial charge is 0.254 e. The van der Waals surface area contributed by atoms with Crippen LogP contribution >= 0.6 is 0 Å². The molecule has 26 heavy (non-hydrogen) atoms. The largest absolute Gasteiger partial charge is 0.335 e. The highest BCUT2D eigenvalue weighted by atomic mass is 16.2. The molecule has 1 amide bonds. The summed E-state index contributed by atoms with van der Waals surface area (Å²) in [5, 5.41) is 0. The molecule has 2 aromatic carbocycles. The molecule has 1 aliphatic heterocycles. The number of amides is 1. The second-order valence-corrected chi connectivity index (χ2v) is 9.54. The first-order valence-electron chi connectivity index (χ1n) is 9.74. The Hall–Kier alpha value is -2.09. The van der Waals surface area contributed by atoms with Gasteiger partial charge in [-0.05, 0) is 65.8 Å². The van der Waals surface area contributed by atoms with Crippen LogP contribution in [0.4, 0.5) is 0 Å². The van der Waals surface area contributed by atoms with E-state index in [-0.39, 0.29) is 11.3 Å². The van der Waals surface area contributed by atoms with E-state index in [4.69, 9.17) is 0 Å². The number of aryl methyl sites for hydroxylation is 1. The van der Waals surface area contributed by atoms with Gasteiger partial charge in [-0.25, -0.2) is 0 Å². The summed E-state index contributed by atoms with van der Waals surface area (Å²) < 4.78 is 0. The van der Waals surface area contributed by atoms with E-state index in [1.807, 2.05) is 12.1 Å². The van der Waals surface area contributed by atoms with E-state index in [2.05, 4.69) is 69.0 Å². The van der Waals surface area contributed by atoms with E-state index in [0.717, 1.165) is 24.9 Å². The molecule has 2 aliphatic rings. The van der Waals surface area contributed by atoms with Gasteiger partial charge in [-0.15, -0.1) is 0 Å². The minimum atomic E-state index is 0.202. The Morgan fingerprint density at radius 1 is 1.00 bits per heavy atom. The lowest BCUT2D eigenvalue weighted by molar-refractivity contribution is 0.0708. The summed E-state index contributed by atoms with van der Waals surface area (Å²) >= 11 is 0. The van der Waals surface area contributed by atoms with Gasteiger partial charge in [0.05, 0.1) is 0 Å². The van der Waals surface area contributed by atoms with Gasteiger partial charge >= 0.3 is 0 Å². The Bertz CT molecular complexity index is 836. The van der Waals surface area contributed by atoms with Gasteiger partial charge in [-0.1, -0.05) is 57.2 Å². The molecule has 2 nitrogen and oxygen atoms in total. The SMILES string of the molecule is Cc1ccccc1-c1ccc(C(=O)N2C[C@]3(C)C[C@H]2CC(C)(C)C3)cc1. The number of hydrogen-bond acceptors (Lipinski definition) is 1. The van der Waals surface area contributed by atoms with E-state index in [9.17, 15) is 4.79 Å². The van der Waals surface area contributed by atoms with Crippen molar-refractivity contribution in [3.05, 3.63) is 59.7 Å². The first-order chi connectivity index (χ1) is 12.3. The van der Waals surface area contributed by atoms with Gasteiger partial charge in [-0.2, -0.15) is 0 Å². The fraction of sp³-hybridized carbons (Fsp3) is 0.458. The van der Waals surface area contributed by atoms with Crippen molar-refractivity contribution < 1.29 is 4.79 Å². The summed E-state index contributed by atoms with van der Waals surface area (Å²) in [5.41, 5.74) is 5.10. The molecule has 4 rings (SSSR count). The van der Waals surface area contributed by atoms with Crippen molar-refractivity contribution in [3.8, 4) is 11.1 Å². The van der Waals surface area contributed by atoms with Crippen LogP contribution < -0.4 is 0 Å². The average molecular weight is 348 g/mol. The number of benzene rings is 2. The third kappa shape index (κ3) is 3.06. The number of rotatable bonds is 2. The summed E-state index contributed by atoms with van der Waals surface area (Å²) in [6.45, 7) is 10.1. The monoisotopic (exact) mass is 347 g/mol. The van der Waals surface area contributed by atoms with Crippen LogP contribution in [0.15, 0.2) is 48.5 Å². The van der Waals surface area contributed by atoms with Crippen LogP contribution in [-0.2, 0) is 0 Å². The minimum absolute atomic E-state index is 0.202. The Kier molecular flexibility index (Phi) is 3.98. The average Bonchev–Trinajstić information content (AvgIpc) is 2.84. The van der Waals surface area contributed by atoms with Gasteiger partial charge in [-0.3, -0.25) is 4.79 Å². The molecule has 136 valence electrons. The predicted octanol–water partition coefficient (Wildman–Crippen LogP) is 5.70. The van der Waals surface area contributed by atoms with Crippen LogP contribution in [0.25, 0.3) is 11.1 Å². The number of hydrogen-bond donors (Lipinski definition) is 0. The molecule has 0 radical (unpaired) electrons. The number of likely N-dealkylation sites (tertiary alicyclic amines) is 1. The lowest BCUT2D eigenvalue weighted by Crippen LogP contribution is -2.37. The van der Waals surface area contributed by atoms with Crippen molar-refractivity contribution in [1.82, 2.24) is 4.90 Å².